The van der Waals surface area contributed by atoms with Crippen LogP contribution in [0.3, 0.4) is 0 Å². The van der Waals surface area contributed by atoms with Gasteiger partial charge in [-0.05, 0) is 6.92 Å². The second-order valence-electron chi connectivity index (χ2n) is 2.59. The minimum absolute atomic E-state index is 0.0207. The summed E-state index contributed by atoms with van der Waals surface area (Å²) in [5, 5.41) is 17.2. The Morgan fingerprint density at radius 1 is 1.55 bits per heavy atom. The summed E-state index contributed by atoms with van der Waals surface area (Å²) >= 11 is 0. The van der Waals surface area contributed by atoms with Gasteiger partial charge < -0.3 is 14.9 Å². The van der Waals surface area contributed by atoms with Crippen molar-refractivity contribution in [2.45, 2.75) is 20.0 Å². The van der Waals surface area contributed by atoms with Crippen molar-refractivity contribution in [3.8, 4) is 0 Å². The number of hydrogen-bond acceptors (Lipinski definition) is 4. The fourth-order valence-electron chi connectivity index (χ4n) is 0.398. The SMILES string of the molecule is CC(CO)COC(=O)C(C)O. The molecule has 2 atom stereocenters. The summed E-state index contributed by atoms with van der Waals surface area (Å²) in [6.45, 7) is 3.22. The Balaban J connectivity index is 3.46. The molecule has 4 heteroatoms. The third-order valence-corrected chi connectivity index (χ3v) is 1.16. The van der Waals surface area contributed by atoms with Crippen molar-refractivity contribution in [3.63, 3.8) is 0 Å². The molecule has 0 aromatic heterocycles. The molecule has 0 spiro atoms. The van der Waals surface area contributed by atoms with Crippen LogP contribution >= 0.6 is 0 Å². The van der Waals surface area contributed by atoms with Gasteiger partial charge in [0.2, 0.25) is 0 Å². The van der Waals surface area contributed by atoms with E-state index in [0.717, 1.165) is 0 Å². The molecule has 0 aromatic carbocycles. The van der Waals surface area contributed by atoms with Gasteiger partial charge in [-0.3, -0.25) is 0 Å². The van der Waals surface area contributed by atoms with Gasteiger partial charge in [0.15, 0.2) is 0 Å². The van der Waals surface area contributed by atoms with Crippen LogP contribution in [0.4, 0.5) is 0 Å². The van der Waals surface area contributed by atoms with Gasteiger partial charge >= 0.3 is 5.97 Å². The van der Waals surface area contributed by atoms with Gasteiger partial charge in [0, 0.05) is 12.5 Å². The monoisotopic (exact) mass is 162 g/mol. The van der Waals surface area contributed by atoms with E-state index in [0.29, 0.717) is 0 Å². The highest BCUT2D eigenvalue weighted by Gasteiger charge is 2.11. The molecule has 0 saturated carbocycles. The Bertz CT molecular complexity index is 122. The van der Waals surface area contributed by atoms with Crippen LogP contribution in [0.25, 0.3) is 0 Å². The molecule has 0 radical (unpaired) electrons. The maximum atomic E-state index is 10.6. The number of rotatable bonds is 4. The summed E-state index contributed by atoms with van der Waals surface area (Å²) in [7, 11) is 0. The highest BCUT2D eigenvalue weighted by atomic mass is 16.5. The number of aliphatic hydroxyl groups excluding tert-OH is 2. The Morgan fingerprint density at radius 2 is 2.09 bits per heavy atom. The van der Waals surface area contributed by atoms with Crippen molar-refractivity contribution in [2.24, 2.45) is 5.92 Å². The van der Waals surface area contributed by atoms with E-state index in [-0.39, 0.29) is 19.1 Å². The summed E-state index contributed by atoms with van der Waals surface area (Å²) in [5.41, 5.74) is 0. The zero-order valence-electron chi connectivity index (χ0n) is 6.78. The number of hydrogen-bond donors (Lipinski definition) is 2. The molecule has 4 nitrogen and oxygen atoms in total. The highest BCUT2D eigenvalue weighted by molar-refractivity contribution is 5.73. The Hall–Kier alpha value is -0.610. The van der Waals surface area contributed by atoms with Crippen molar-refractivity contribution in [3.05, 3.63) is 0 Å². The first kappa shape index (κ1) is 10.4. The minimum Gasteiger partial charge on any atom is -0.463 e. The lowest BCUT2D eigenvalue weighted by Gasteiger charge is -2.09. The van der Waals surface area contributed by atoms with E-state index in [1.807, 2.05) is 0 Å². The molecule has 2 unspecified atom stereocenters. The van der Waals surface area contributed by atoms with Crippen LogP contribution in [0.15, 0.2) is 0 Å². The van der Waals surface area contributed by atoms with Crippen LogP contribution in [0.5, 0.6) is 0 Å². The lowest BCUT2D eigenvalue weighted by molar-refractivity contribution is -0.154. The molecule has 66 valence electrons. The zero-order chi connectivity index (χ0) is 8.85. The summed E-state index contributed by atoms with van der Waals surface area (Å²) < 4.78 is 4.61. The molecular formula is C7H14O4. The van der Waals surface area contributed by atoms with Crippen LogP contribution in [0.1, 0.15) is 13.8 Å². The Kier molecular flexibility index (Phi) is 4.81. The second-order valence-corrected chi connectivity index (χ2v) is 2.59. The molecular weight excluding hydrogens is 148 g/mol. The number of ether oxygens (including phenoxy) is 1. The Morgan fingerprint density at radius 3 is 2.45 bits per heavy atom. The Labute approximate surface area is 65.8 Å². The number of carbonyl (C=O) groups is 1. The van der Waals surface area contributed by atoms with E-state index in [9.17, 15) is 4.79 Å². The van der Waals surface area contributed by atoms with Gasteiger partial charge in [0.1, 0.15) is 6.10 Å². The number of carbonyl (C=O) groups excluding carboxylic acids is 1. The summed E-state index contributed by atoms with van der Waals surface area (Å²) in [6.07, 6.45) is -1.08. The maximum Gasteiger partial charge on any atom is 0.334 e. The summed E-state index contributed by atoms with van der Waals surface area (Å²) in [6, 6.07) is 0. The molecule has 0 bridgehead atoms. The molecule has 0 amide bonds. The predicted octanol–water partition coefficient (Wildman–Crippen LogP) is -0.461. The molecule has 11 heavy (non-hydrogen) atoms. The van der Waals surface area contributed by atoms with Crippen LogP contribution < -0.4 is 0 Å². The van der Waals surface area contributed by atoms with E-state index in [4.69, 9.17) is 10.2 Å². The van der Waals surface area contributed by atoms with Gasteiger partial charge in [-0.15, -0.1) is 0 Å². The fourth-order valence-corrected chi connectivity index (χ4v) is 0.398. The van der Waals surface area contributed by atoms with Crippen molar-refractivity contribution in [1.29, 1.82) is 0 Å². The van der Waals surface area contributed by atoms with E-state index < -0.39 is 12.1 Å². The number of aliphatic hydroxyl groups is 2. The average molecular weight is 162 g/mol. The average Bonchev–Trinajstić information content (AvgIpc) is 1.99. The van der Waals surface area contributed by atoms with E-state index >= 15 is 0 Å². The van der Waals surface area contributed by atoms with E-state index in [2.05, 4.69) is 4.74 Å². The third kappa shape index (κ3) is 4.75. The second kappa shape index (κ2) is 5.09. The van der Waals surface area contributed by atoms with Crippen molar-refractivity contribution in [2.75, 3.05) is 13.2 Å². The zero-order valence-corrected chi connectivity index (χ0v) is 6.78. The van der Waals surface area contributed by atoms with Gasteiger partial charge in [0.25, 0.3) is 0 Å². The van der Waals surface area contributed by atoms with Gasteiger partial charge in [-0.1, -0.05) is 6.92 Å². The van der Waals surface area contributed by atoms with Crippen LogP contribution in [0, 0.1) is 5.92 Å². The molecule has 0 fully saturated rings. The predicted molar refractivity (Wildman–Crippen MR) is 38.9 cm³/mol. The van der Waals surface area contributed by atoms with Gasteiger partial charge in [-0.2, -0.15) is 0 Å². The van der Waals surface area contributed by atoms with Crippen LogP contribution in [0.2, 0.25) is 0 Å². The summed E-state index contributed by atoms with van der Waals surface area (Å²) in [5.74, 6) is -0.719. The molecule has 0 heterocycles. The lowest BCUT2D eigenvalue weighted by atomic mass is 10.2. The largest absolute Gasteiger partial charge is 0.463 e. The van der Waals surface area contributed by atoms with Crippen molar-refractivity contribution in [1.82, 2.24) is 0 Å². The smallest absolute Gasteiger partial charge is 0.334 e. The standard InChI is InChI=1S/C7H14O4/c1-5(3-8)4-11-7(10)6(2)9/h5-6,8-9H,3-4H2,1-2H3. The third-order valence-electron chi connectivity index (χ3n) is 1.16. The van der Waals surface area contributed by atoms with E-state index in [1.54, 1.807) is 6.92 Å². The fraction of sp³-hybridized carbons (Fsp3) is 0.857. The minimum atomic E-state index is -1.08. The van der Waals surface area contributed by atoms with Crippen LogP contribution in [-0.4, -0.2) is 35.5 Å². The molecule has 0 aliphatic rings. The molecule has 2 N–H and O–H groups in total. The molecule has 0 rings (SSSR count). The first-order valence-electron chi connectivity index (χ1n) is 3.53. The molecule has 0 aliphatic carbocycles. The van der Waals surface area contributed by atoms with Crippen molar-refractivity contribution < 1.29 is 19.7 Å². The molecule has 0 aliphatic heterocycles. The normalized spacial score (nSPS) is 15.6. The van der Waals surface area contributed by atoms with Gasteiger partial charge in [-0.25, -0.2) is 4.79 Å². The highest BCUT2D eigenvalue weighted by Crippen LogP contribution is 1.95. The quantitative estimate of drug-likeness (QED) is 0.549. The number of esters is 1. The first-order chi connectivity index (χ1) is 5.07. The summed E-state index contributed by atoms with van der Waals surface area (Å²) in [4.78, 5) is 10.6. The van der Waals surface area contributed by atoms with E-state index in [1.165, 1.54) is 6.92 Å². The molecule has 0 saturated heterocycles. The molecule has 0 aromatic rings. The topological polar surface area (TPSA) is 66.8 Å². The van der Waals surface area contributed by atoms with Crippen molar-refractivity contribution >= 4 is 5.97 Å². The van der Waals surface area contributed by atoms with Crippen LogP contribution in [-0.2, 0) is 9.53 Å². The maximum absolute atomic E-state index is 10.6. The first-order valence-corrected chi connectivity index (χ1v) is 3.53. The van der Waals surface area contributed by atoms with Gasteiger partial charge in [0.05, 0.1) is 6.61 Å². The lowest BCUT2D eigenvalue weighted by Crippen LogP contribution is -2.22.